The number of aromatic nitrogens is 1. The Morgan fingerprint density at radius 3 is 2.40 bits per heavy atom. The minimum atomic E-state index is -3.81. The first kappa shape index (κ1) is 14.9. The van der Waals surface area contributed by atoms with Crippen LogP contribution in [0.2, 0.25) is 0 Å². The van der Waals surface area contributed by atoms with Crippen LogP contribution in [0, 0.1) is 11.6 Å². The van der Waals surface area contributed by atoms with Crippen LogP contribution in [0.5, 0.6) is 0 Å². The number of aliphatic hydroxyl groups is 1. The monoisotopic (exact) mass is 349 g/mol. The number of benzene rings is 1. The van der Waals surface area contributed by atoms with Gasteiger partial charge in [-0.3, -0.25) is 4.98 Å². The first-order valence-electron chi connectivity index (χ1n) is 5.45. The second-order valence-corrected chi connectivity index (χ2v) is 4.97. The van der Waals surface area contributed by atoms with Crippen LogP contribution in [0.25, 0.3) is 0 Å². The van der Waals surface area contributed by atoms with Gasteiger partial charge in [0.25, 0.3) is 0 Å². The fourth-order valence-electron chi connectivity index (χ4n) is 1.63. The zero-order valence-corrected chi connectivity index (χ0v) is 11.4. The molecule has 2 aromatic rings. The van der Waals surface area contributed by atoms with Gasteiger partial charge in [0.15, 0.2) is 6.10 Å². The molecule has 106 valence electrons. The number of rotatable bonds is 3. The van der Waals surface area contributed by atoms with E-state index in [4.69, 9.17) is 0 Å². The van der Waals surface area contributed by atoms with Crippen molar-refractivity contribution < 1.29 is 22.7 Å². The number of hydrogen-bond donors (Lipinski definition) is 1. The summed E-state index contributed by atoms with van der Waals surface area (Å²) in [5, 5.41) is 9.68. The lowest BCUT2D eigenvalue weighted by Gasteiger charge is -2.22. The molecule has 0 bridgehead atoms. The molecule has 0 aliphatic rings. The molecule has 1 N–H and O–H groups in total. The zero-order chi connectivity index (χ0) is 14.9. The van der Waals surface area contributed by atoms with E-state index < -0.39 is 34.9 Å². The highest BCUT2D eigenvalue weighted by molar-refractivity contribution is 9.10. The highest BCUT2D eigenvalue weighted by Gasteiger charge is 2.44. The van der Waals surface area contributed by atoms with Crippen LogP contribution in [0.1, 0.15) is 17.4 Å². The summed E-state index contributed by atoms with van der Waals surface area (Å²) in [5.74, 6) is -5.96. The Kier molecular flexibility index (Phi) is 4.10. The summed E-state index contributed by atoms with van der Waals surface area (Å²) >= 11 is 3.04. The summed E-state index contributed by atoms with van der Waals surface area (Å²) in [5.41, 5.74) is -1.40. The lowest BCUT2D eigenvalue weighted by Crippen LogP contribution is -2.25. The van der Waals surface area contributed by atoms with Gasteiger partial charge in [-0.2, -0.15) is 8.78 Å². The Balaban J connectivity index is 2.39. The van der Waals surface area contributed by atoms with E-state index in [2.05, 4.69) is 20.9 Å². The molecule has 2 rings (SSSR count). The molecule has 0 saturated carbocycles. The molecule has 0 spiro atoms. The van der Waals surface area contributed by atoms with Gasteiger partial charge in [-0.05, 0) is 34.1 Å². The molecular formula is C13H8BrF4NO. The van der Waals surface area contributed by atoms with Crippen molar-refractivity contribution in [2.75, 3.05) is 0 Å². The largest absolute Gasteiger partial charge is 0.382 e. The van der Waals surface area contributed by atoms with Crippen LogP contribution < -0.4 is 0 Å². The van der Waals surface area contributed by atoms with Crippen molar-refractivity contribution in [3.63, 3.8) is 0 Å². The number of hydrogen-bond acceptors (Lipinski definition) is 2. The van der Waals surface area contributed by atoms with Gasteiger partial charge in [0, 0.05) is 22.3 Å². The van der Waals surface area contributed by atoms with Crippen molar-refractivity contribution in [2.45, 2.75) is 12.0 Å². The second-order valence-electron chi connectivity index (χ2n) is 4.05. The topological polar surface area (TPSA) is 33.1 Å². The van der Waals surface area contributed by atoms with E-state index in [1.54, 1.807) is 0 Å². The molecule has 0 aliphatic heterocycles. The number of halogens is 5. The van der Waals surface area contributed by atoms with E-state index in [1.165, 1.54) is 6.07 Å². The number of alkyl halides is 2. The van der Waals surface area contributed by atoms with Crippen molar-refractivity contribution in [1.29, 1.82) is 0 Å². The van der Waals surface area contributed by atoms with Crippen molar-refractivity contribution in [3.05, 3.63) is 63.9 Å². The van der Waals surface area contributed by atoms with E-state index in [0.717, 1.165) is 24.4 Å². The van der Waals surface area contributed by atoms with Gasteiger partial charge in [-0.1, -0.05) is 6.07 Å². The van der Waals surface area contributed by atoms with Gasteiger partial charge in [0.1, 0.15) is 17.3 Å². The minimum Gasteiger partial charge on any atom is -0.382 e. The van der Waals surface area contributed by atoms with Gasteiger partial charge in [0.2, 0.25) is 0 Å². The molecule has 7 heteroatoms. The van der Waals surface area contributed by atoms with E-state index in [1.807, 2.05) is 0 Å². The van der Waals surface area contributed by atoms with E-state index in [0.29, 0.717) is 10.5 Å². The highest BCUT2D eigenvalue weighted by Crippen LogP contribution is 2.40. The van der Waals surface area contributed by atoms with Gasteiger partial charge in [-0.25, -0.2) is 8.78 Å². The van der Waals surface area contributed by atoms with Crippen LogP contribution in [-0.2, 0) is 5.92 Å². The Bertz CT molecular complexity index is 618. The van der Waals surface area contributed by atoms with Crippen LogP contribution in [-0.4, -0.2) is 10.1 Å². The third-order valence-electron chi connectivity index (χ3n) is 2.67. The minimum absolute atomic E-state index is 0.434. The fraction of sp³-hybridized carbons (Fsp3) is 0.154. The van der Waals surface area contributed by atoms with Crippen LogP contribution >= 0.6 is 15.9 Å². The van der Waals surface area contributed by atoms with E-state index in [9.17, 15) is 22.7 Å². The summed E-state index contributed by atoms with van der Waals surface area (Å²) in [4.78, 5) is 3.49. The normalized spacial score (nSPS) is 13.3. The molecule has 0 amide bonds. The molecule has 2 nitrogen and oxygen atoms in total. The van der Waals surface area contributed by atoms with E-state index >= 15 is 0 Å². The van der Waals surface area contributed by atoms with E-state index in [-0.39, 0.29) is 0 Å². The molecule has 0 fully saturated rings. The SMILES string of the molecule is OC(c1ccc(F)cc1F)C(F)(F)c1ccc(Br)cn1. The molecule has 1 unspecified atom stereocenters. The lowest BCUT2D eigenvalue weighted by molar-refractivity contribution is -0.122. The Morgan fingerprint density at radius 1 is 1.15 bits per heavy atom. The fourth-order valence-corrected chi connectivity index (χ4v) is 1.87. The molecule has 1 heterocycles. The number of pyridine rings is 1. The third-order valence-corrected chi connectivity index (χ3v) is 3.14. The van der Waals surface area contributed by atoms with Gasteiger partial charge >= 0.3 is 5.92 Å². The number of nitrogens with zero attached hydrogens (tertiary/aromatic N) is 1. The summed E-state index contributed by atoms with van der Waals surface area (Å²) in [6.45, 7) is 0. The van der Waals surface area contributed by atoms with Crippen molar-refractivity contribution in [1.82, 2.24) is 4.98 Å². The molecule has 1 atom stereocenters. The summed E-state index contributed by atoms with van der Waals surface area (Å²) in [7, 11) is 0. The maximum Gasteiger partial charge on any atom is 0.319 e. The Hall–Kier alpha value is -1.47. The standard InChI is InChI=1S/C13H8BrF4NO/c14-7-1-4-11(19-6-7)13(17,18)12(20)9-3-2-8(15)5-10(9)16/h1-6,12,20H. The van der Waals surface area contributed by atoms with Crippen LogP contribution in [0.3, 0.4) is 0 Å². The van der Waals surface area contributed by atoms with Crippen LogP contribution in [0.4, 0.5) is 17.6 Å². The summed E-state index contributed by atoms with van der Waals surface area (Å²) in [6.07, 6.45) is -1.33. The predicted molar refractivity (Wildman–Crippen MR) is 67.1 cm³/mol. The maximum absolute atomic E-state index is 14.1. The molecular weight excluding hydrogens is 342 g/mol. The average molecular weight is 350 g/mol. The summed E-state index contributed by atoms with van der Waals surface area (Å²) < 4.78 is 54.8. The first-order chi connectivity index (χ1) is 9.32. The molecule has 1 aromatic carbocycles. The smallest absolute Gasteiger partial charge is 0.319 e. The quantitative estimate of drug-likeness (QED) is 0.851. The molecule has 1 aromatic heterocycles. The van der Waals surface area contributed by atoms with Crippen molar-refractivity contribution in [3.8, 4) is 0 Å². The predicted octanol–water partition coefficient (Wildman–Crippen LogP) is 3.95. The molecule has 0 radical (unpaired) electrons. The second kappa shape index (κ2) is 5.49. The highest BCUT2D eigenvalue weighted by atomic mass is 79.9. The molecule has 20 heavy (non-hydrogen) atoms. The lowest BCUT2D eigenvalue weighted by atomic mass is 10.00. The molecule has 0 aliphatic carbocycles. The average Bonchev–Trinajstić information content (AvgIpc) is 2.38. The number of aliphatic hydroxyl groups excluding tert-OH is 1. The third kappa shape index (κ3) is 2.83. The maximum atomic E-state index is 14.1. The van der Waals surface area contributed by atoms with Crippen molar-refractivity contribution in [2.24, 2.45) is 0 Å². The van der Waals surface area contributed by atoms with Crippen LogP contribution in [0.15, 0.2) is 41.0 Å². The summed E-state index contributed by atoms with van der Waals surface area (Å²) in [6, 6.07) is 4.34. The zero-order valence-electron chi connectivity index (χ0n) is 9.83. The van der Waals surface area contributed by atoms with Gasteiger partial charge in [0.05, 0.1) is 0 Å². The van der Waals surface area contributed by atoms with Gasteiger partial charge < -0.3 is 5.11 Å². The molecule has 0 saturated heterocycles. The van der Waals surface area contributed by atoms with Crippen molar-refractivity contribution >= 4 is 15.9 Å². The Morgan fingerprint density at radius 2 is 1.85 bits per heavy atom. The first-order valence-corrected chi connectivity index (χ1v) is 6.24. The van der Waals surface area contributed by atoms with Gasteiger partial charge in [-0.15, -0.1) is 0 Å². The Labute approximate surface area is 120 Å².